The number of nitrogens with one attached hydrogen (secondary N) is 5. The SMILES string of the molecule is N=C(N)c1ccc(CNC(=O)[C@H](CCCN=C(N)N)NC(=O)[C@H](CO)NC(=O)[C@H](CCCN=C(N)N)NC(=O)Cc2ccccc2)cc1. The molecule has 2 aromatic carbocycles. The average Bonchev–Trinajstić information content (AvgIpc) is 3.05. The van der Waals surface area contributed by atoms with E-state index in [4.69, 9.17) is 34.1 Å². The van der Waals surface area contributed by atoms with Crippen LogP contribution in [0.5, 0.6) is 0 Å². The first-order chi connectivity index (χ1) is 22.9. The summed E-state index contributed by atoms with van der Waals surface area (Å²) in [5, 5.41) is 28.0. The Hall–Kier alpha value is -5.71. The minimum atomic E-state index is -1.45. The van der Waals surface area contributed by atoms with Crippen LogP contribution in [0.4, 0.5) is 0 Å². The van der Waals surface area contributed by atoms with Gasteiger partial charge in [-0.05, 0) is 36.8 Å². The summed E-state index contributed by atoms with van der Waals surface area (Å²) in [4.78, 5) is 60.3. The van der Waals surface area contributed by atoms with Crippen molar-refractivity contribution in [2.75, 3.05) is 19.7 Å². The second kappa shape index (κ2) is 20.4. The number of nitrogens with zero attached hydrogens (tertiary/aromatic N) is 2. The molecule has 17 heteroatoms. The van der Waals surface area contributed by atoms with E-state index in [9.17, 15) is 24.3 Å². The van der Waals surface area contributed by atoms with Crippen molar-refractivity contribution >= 4 is 41.4 Å². The highest BCUT2D eigenvalue weighted by Gasteiger charge is 2.29. The zero-order valence-corrected chi connectivity index (χ0v) is 26.7. The van der Waals surface area contributed by atoms with Gasteiger partial charge in [-0.15, -0.1) is 0 Å². The summed E-state index contributed by atoms with van der Waals surface area (Å²) in [5.41, 5.74) is 29.0. The summed E-state index contributed by atoms with van der Waals surface area (Å²) < 4.78 is 0. The molecule has 0 unspecified atom stereocenters. The van der Waals surface area contributed by atoms with Crippen LogP contribution < -0.4 is 49.9 Å². The molecule has 0 aliphatic carbocycles. The molecular formula is C31H46N12O5. The normalized spacial score (nSPS) is 12.4. The van der Waals surface area contributed by atoms with Gasteiger partial charge in [-0.2, -0.15) is 0 Å². The molecule has 0 heterocycles. The Kier molecular flexibility index (Phi) is 16.4. The number of guanidine groups is 2. The van der Waals surface area contributed by atoms with Crippen molar-refractivity contribution in [3.63, 3.8) is 0 Å². The van der Waals surface area contributed by atoms with Crippen LogP contribution in [0.25, 0.3) is 0 Å². The predicted molar refractivity (Wildman–Crippen MR) is 182 cm³/mol. The maximum Gasteiger partial charge on any atom is 0.245 e. The zero-order chi connectivity index (χ0) is 35.5. The van der Waals surface area contributed by atoms with E-state index < -0.39 is 48.4 Å². The van der Waals surface area contributed by atoms with Gasteiger partial charge >= 0.3 is 0 Å². The second-order valence-electron chi connectivity index (χ2n) is 10.8. The third-order valence-corrected chi connectivity index (χ3v) is 6.93. The summed E-state index contributed by atoms with van der Waals surface area (Å²) in [5.74, 6) is -2.85. The number of rotatable bonds is 20. The van der Waals surface area contributed by atoms with Crippen molar-refractivity contribution in [3.8, 4) is 0 Å². The van der Waals surface area contributed by atoms with Crippen LogP contribution in [0.2, 0.25) is 0 Å². The van der Waals surface area contributed by atoms with E-state index in [1.807, 2.05) is 6.07 Å². The molecule has 16 N–H and O–H groups in total. The molecular weight excluding hydrogens is 620 g/mol. The number of hydrogen-bond acceptors (Lipinski definition) is 8. The molecule has 0 aliphatic rings. The Bertz CT molecular complexity index is 1430. The highest BCUT2D eigenvalue weighted by atomic mass is 16.3. The number of carbonyl (C=O) groups is 4. The lowest BCUT2D eigenvalue weighted by atomic mass is 10.1. The number of amidine groups is 1. The van der Waals surface area contributed by atoms with Gasteiger partial charge in [0.25, 0.3) is 0 Å². The average molecular weight is 667 g/mol. The minimum absolute atomic E-state index is 0.0138. The number of nitrogens with two attached hydrogens (primary N) is 5. The Balaban J connectivity index is 2.12. The van der Waals surface area contributed by atoms with Crippen molar-refractivity contribution in [1.29, 1.82) is 5.41 Å². The molecule has 0 fully saturated rings. The molecule has 0 spiro atoms. The Morgan fingerprint density at radius 3 is 1.73 bits per heavy atom. The molecule has 0 aromatic heterocycles. The number of nitrogen functional groups attached to an aromatic ring is 1. The highest BCUT2D eigenvalue weighted by Crippen LogP contribution is 2.07. The Labute approximate surface area is 278 Å². The van der Waals surface area contributed by atoms with Crippen LogP contribution in [-0.4, -0.2) is 84.3 Å². The maximum atomic E-state index is 13.3. The molecule has 0 radical (unpaired) electrons. The van der Waals surface area contributed by atoms with E-state index in [-0.39, 0.29) is 56.7 Å². The number of carbonyl (C=O) groups excluding carboxylic acids is 4. The number of aliphatic hydroxyl groups is 1. The first kappa shape index (κ1) is 38.5. The third kappa shape index (κ3) is 14.6. The van der Waals surface area contributed by atoms with Crippen LogP contribution >= 0.6 is 0 Å². The molecule has 260 valence electrons. The molecule has 0 aliphatic heterocycles. The molecule has 0 bridgehead atoms. The summed E-state index contributed by atoms with van der Waals surface area (Å²) in [6.45, 7) is -0.288. The fraction of sp³-hybridized carbons (Fsp3) is 0.387. The molecule has 4 amide bonds. The molecule has 0 saturated heterocycles. The lowest BCUT2D eigenvalue weighted by Gasteiger charge is -2.24. The largest absolute Gasteiger partial charge is 0.394 e. The van der Waals surface area contributed by atoms with Gasteiger partial charge in [0.05, 0.1) is 13.0 Å². The van der Waals surface area contributed by atoms with Crippen LogP contribution in [0.3, 0.4) is 0 Å². The highest BCUT2D eigenvalue weighted by molar-refractivity contribution is 5.95. The third-order valence-electron chi connectivity index (χ3n) is 6.93. The standard InChI is InChI=1S/C31H46N12O5/c32-26(33)21-12-10-20(11-13-21)17-40-27(46)22(8-4-14-38-30(34)35)42-29(48)24(18-44)43-28(47)23(9-5-15-39-31(36)37)41-25(45)16-19-6-2-1-3-7-19/h1-3,6-7,10-13,22-24,44H,4-5,8-9,14-18H2,(H3,32,33)(H,40,46)(H,41,45)(H,42,48)(H,43,47)(H4,34,35,38)(H4,36,37,39)/t22-,23-,24-/m0/s1. The predicted octanol–water partition coefficient (Wildman–Crippen LogP) is -2.62. The van der Waals surface area contributed by atoms with Gasteiger partial charge in [-0.25, -0.2) is 0 Å². The van der Waals surface area contributed by atoms with E-state index in [2.05, 4.69) is 31.3 Å². The monoisotopic (exact) mass is 666 g/mol. The van der Waals surface area contributed by atoms with E-state index in [1.54, 1.807) is 48.5 Å². The summed E-state index contributed by atoms with van der Waals surface area (Å²) in [6, 6.07) is 12.0. The van der Waals surface area contributed by atoms with Gasteiger partial charge in [-0.3, -0.25) is 34.6 Å². The van der Waals surface area contributed by atoms with E-state index in [0.717, 1.165) is 11.1 Å². The quantitative estimate of drug-likeness (QED) is 0.0397. The van der Waals surface area contributed by atoms with Crippen LogP contribution in [0.1, 0.15) is 42.4 Å². The van der Waals surface area contributed by atoms with Gasteiger partial charge in [0.2, 0.25) is 23.6 Å². The smallest absolute Gasteiger partial charge is 0.245 e. The summed E-state index contributed by atoms with van der Waals surface area (Å²) >= 11 is 0. The lowest BCUT2D eigenvalue weighted by Crippen LogP contribution is -2.58. The van der Waals surface area contributed by atoms with Crippen LogP contribution in [0, 0.1) is 5.41 Å². The second-order valence-corrected chi connectivity index (χ2v) is 10.8. The van der Waals surface area contributed by atoms with E-state index in [1.165, 1.54) is 0 Å². The topological polar surface area (TPSA) is 315 Å². The first-order valence-electron chi connectivity index (χ1n) is 15.3. The fourth-order valence-electron chi connectivity index (χ4n) is 4.42. The molecule has 0 saturated carbocycles. The van der Waals surface area contributed by atoms with Gasteiger partial charge in [0.15, 0.2) is 11.9 Å². The maximum absolute atomic E-state index is 13.3. The molecule has 48 heavy (non-hydrogen) atoms. The van der Waals surface area contributed by atoms with Crippen molar-refractivity contribution in [3.05, 3.63) is 71.3 Å². The van der Waals surface area contributed by atoms with Crippen molar-refractivity contribution < 1.29 is 24.3 Å². The fourth-order valence-corrected chi connectivity index (χ4v) is 4.42. The molecule has 2 aromatic rings. The number of benzene rings is 2. The lowest BCUT2D eigenvalue weighted by molar-refractivity contribution is -0.134. The molecule has 3 atom stereocenters. The summed E-state index contributed by atoms with van der Waals surface area (Å²) in [6.07, 6.45) is 0.927. The van der Waals surface area contributed by atoms with Crippen LogP contribution in [0.15, 0.2) is 64.6 Å². The zero-order valence-electron chi connectivity index (χ0n) is 26.7. The van der Waals surface area contributed by atoms with Crippen LogP contribution in [-0.2, 0) is 32.1 Å². The first-order valence-corrected chi connectivity index (χ1v) is 15.3. The number of hydrogen-bond donors (Lipinski definition) is 11. The number of aliphatic hydroxyl groups excluding tert-OH is 1. The van der Waals surface area contributed by atoms with Gasteiger partial charge in [0, 0.05) is 25.2 Å². The van der Waals surface area contributed by atoms with Crippen molar-refractivity contribution in [1.82, 2.24) is 21.3 Å². The Morgan fingerprint density at radius 2 is 1.21 bits per heavy atom. The van der Waals surface area contributed by atoms with Crippen molar-refractivity contribution in [2.24, 2.45) is 38.7 Å². The Morgan fingerprint density at radius 1 is 0.688 bits per heavy atom. The van der Waals surface area contributed by atoms with E-state index >= 15 is 0 Å². The van der Waals surface area contributed by atoms with Gasteiger partial charge in [0.1, 0.15) is 24.0 Å². The van der Waals surface area contributed by atoms with Gasteiger partial charge < -0.3 is 55.0 Å². The molecule has 2 rings (SSSR count). The van der Waals surface area contributed by atoms with Gasteiger partial charge in [-0.1, -0.05) is 54.6 Å². The number of aliphatic imine (C=N–C) groups is 2. The summed E-state index contributed by atoms with van der Waals surface area (Å²) in [7, 11) is 0. The van der Waals surface area contributed by atoms with Crippen molar-refractivity contribution in [2.45, 2.75) is 56.8 Å². The molecule has 17 nitrogen and oxygen atoms in total. The van der Waals surface area contributed by atoms with E-state index in [0.29, 0.717) is 18.4 Å². The minimum Gasteiger partial charge on any atom is -0.394 e. The number of amides is 4.